The minimum atomic E-state index is -0.220. The summed E-state index contributed by atoms with van der Waals surface area (Å²) in [5.41, 5.74) is 2.15. The van der Waals surface area contributed by atoms with Gasteiger partial charge < -0.3 is 10.2 Å². The van der Waals surface area contributed by atoms with E-state index in [1.165, 1.54) is 5.57 Å². The van der Waals surface area contributed by atoms with Crippen LogP contribution < -0.4 is 0 Å². The molecule has 0 radical (unpaired) electrons. The normalized spacial score (nSPS) is 42.2. The number of carbonyl (C=O) groups excluding carboxylic acids is 1. The minimum absolute atomic E-state index is 0.0424. The van der Waals surface area contributed by atoms with Crippen molar-refractivity contribution in [3.8, 4) is 23.7 Å². The third-order valence-electron chi connectivity index (χ3n) is 8.12. The van der Waals surface area contributed by atoms with E-state index in [-0.39, 0.29) is 47.6 Å². The van der Waals surface area contributed by atoms with E-state index in [9.17, 15) is 15.0 Å². The Morgan fingerprint density at radius 1 is 1.14 bits per heavy atom. The average molecular weight is 391 g/mol. The second-order valence-corrected chi connectivity index (χ2v) is 9.54. The molecular weight excluding hydrogens is 360 g/mol. The molecule has 3 heteroatoms. The van der Waals surface area contributed by atoms with Gasteiger partial charge in [-0.05, 0) is 67.1 Å². The molecule has 0 amide bonds. The molecule has 152 valence electrons. The van der Waals surface area contributed by atoms with E-state index in [2.05, 4.69) is 56.6 Å². The highest BCUT2D eigenvalue weighted by Crippen LogP contribution is 2.66. The monoisotopic (exact) mass is 390 g/mol. The lowest BCUT2D eigenvalue weighted by molar-refractivity contribution is -0.110. The van der Waals surface area contributed by atoms with E-state index >= 15 is 0 Å². The lowest BCUT2D eigenvalue weighted by atomic mass is 9.45. The Bertz CT molecular complexity index is 930. The van der Waals surface area contributed by atoms with E-state index in [0.717, 1.165) is 24.8 Å². The van der Waals surface area contributed by atoms with Crippen LogP contribution in [0.25, 0.3) is 0 Å². The molecule has 4 aliphatic rings. The van der Waals surface area contributed by atoms with Crippen molar-refractivity contribution in [2.45, 2.75) is 40.0 Å². The first-order chi connectivity index (χ1) is 13.8. The van der Waals surface area contributed by atoms with Gasteiger partial charge in [0.2, 0.25) is 0 Å². The van der Waals surface area contributed by atoms with E-state index in [0.29, 0.717) is 11.8 Å². The van der Waals surface area contributed by atoms with Crippen molar-refractivity contribution in [3.63, 3.8) is 0 Å². The Morgan fingerprint density at radius 3 is 2.59 bits per heavy atom. The lowest BCUT2D eigenvalue weighted by Crippen LogP contribution is -2.52. The van der Waals surface area contributed by atoms with Crippen LogP contribution in [0.2, 0.25) is 0 Å². The van der Waals surface area contributed by atoms with Gasteiger partial charge in [-0.15, -0.1) is 0 Å². The molecule has 0 aromatic heterocycles. The van der Waals surface area contributed by atoms with Gasteiger partial charge in [0.1, 0.15) is 13.2 Å². The molecule has 0 aromatic rings. The molecule has 2 saturated carbocycles. The Kier molecular flexibility index (Phi) is 5.10. The van der Waals surface area contributed by atoms with Crippen LogP contribution in [0.5, 0.6) is 0 Å². The first-order valence-corrected chi connectivity index (χ1v) is 10.7. The SMILES string of the molecule is CC1=C[C@@H]2[C@H]([C@@H](C#CCO)C[C@]3(C)[C@@H](C#CCO)CC[C@@H]23)[C@@]2(C)C=CC(=O)C=C12. The van der Waals surface area contributed by atoms with Gasteiger partial charge in [0.25, 0.3) is 0 Å². The number of allylic oxidation sites excluding steroid dienone is 6. The maximum atomic E-state index is 12.1. The summed E-state index contributed by atoms with van der Waals surface area (Å²) in [5.74, 6) is 14.2. The van der Waals surface area contributed by atoms with Gasteiger partial charge in [-0.2, -0.15) is 0 Å². The Hall–Kier alpha value is -2.07. The van der Waals surface area contributed by atoms with E-state index in [4.69, 9.17) is 0 Å². The second-order valence-electron chi connectivity index (χ2n) is 9.54. The van der Waals surface area contributed by atoms with E-state index in [1.54, 1.807) is 12.2 Å². The van der Waals surface area contributed by atoms with Crippen LogP contribution in [0.3, 0.4) is 0 Å². The zero-order chi connectivity index (χ0) is 20.8. The zero-order valence-electron chi connectivity index (χ0n) is 17.5. The van der Waals surface area contributed by atoms with E-state index in [1.807, 2.05) is 0 Å². The number of ketones is 1. The molecule has 2 N–H and O–H groups in total. The zero-order valence-corrected chi connectivity index (χ0v) is 17.5. The molecule has 0 aliphatic heterocycles. The van der Waals surface area contributed by atoms with E-state index < -0.39 is 0 Å². The van der Waals surface area contributed by atoms with Crippen molar-refractivity contribution in [1.82, 2.24) is 0 Å². The van der Waals surface area contributed by atoms with Crippen LogP contribution in [-0.4, -0.2) is 29.2 Å². The maximum Gasteiger partial charge on any atom is 0.178 e. The van der Waals surface area contributed by atoms with Crippen molar-refractivity contribution in [3.05, 3.63) is 35.5 Å². The third-order valence-corrected chi connectivity index (χ3v) is 8.12. The molecule has 0 saturated heterocycles. The number of aliphatic hydroxyl groups is 2. The second kappa shape index (κ2) is 7.32. The number of carbonyl (C=O) groups is 1. The quantitative estimate of drug-likeness (QED) is 0.624. The summed E-state index contributed by atoms with van der Waals surface area (Å²) >= 11 is 0. The number of rotatable bonds is 0. The first-order valence-electron chi connectivity index (χ1n) is 10.7. The van der Waals surface area contributed by atoms with Gasteiger partial charge in [-0.3, -0.25) is 4.79 Å². The summed E-state index contributed by atoms with van der Waals surface area (Å²) in [6.07, 6.45) is 11.1. The summed E-state index contributed by atoms with van der Waals surface area (Å²) in [5, 5.41) is 18.6. The molecule has 29 heavy (non-hydrogen) atoms. The first kappa shape index (κ1) is 20.2. The smallest absolute Gasteiger partial charge is 0.178 e. The summed E-state index contributed by atoms with van der Waals surface area (Å²) < 4.78 is 0. The third kappa shape index (κ3) is 3.04. The predicted octanol–water partition coefficient (Wildman–Crippen LogP) is 3.29. The fourth-order valence-electron chi connectivity index (χ4n) is 6.97. The van der Waals surface area contributed by atoms with Gasteiger partial charge in [-0.1, -0.05) is 55.3 Å². The van der Waals surface area contributed by atoms with Crippen LogP contribution in [0, 0.1) is 64.1 Å². The molecule has 3 nitrogen and oxygen atoms in total. The maximum absolute atomic E-state index is 12.1. The fraction of sp³-hybridized carbons (Fsp3) is 0.577. The van der Waals surface area contributed by atoms with Crippen molar-refractivity contribution >= 4 is 5.78 Å². The lowest BCUT2D eigenvalue weighted by Gasteiger charge is -2.57. The number of fused-ring (bicyclic) bond motifs is 5. The standard InChI is InChI=1S/C26H30O3/c1-17-14-21-22-9-8-19(7-5-13-28)26(22,3)16-18(6-4-12-27)24(21)25(2)11-10-20(29)15-23(17)25/h10-11,14-15,18-19,21-22,24,27-28H,8-9,12-13,16H2,1-3H3/t18-,19-,21-,22-,24-,25-,26+/m0/s1. The summed E-state index contributed by atoms with van der Waals surface area (Å²) in [4.78, 5) is 12.1. The average Bonchev–Trinajstić information content (AvgIpc) is 3.01. The van der Waals surface area contributed by atoms with Gasteiger partial charge in [-0.25, -0.2) is 0 Å². The largest absolute Gasteiger partial charge is 0.384 e. The fourth-order valence-corrected chi connectivity index (χ4v) is 6.97. The number of hydrogen-bond donors (Lipinski definition) is 2. The molecule has 0 heterocycles. The molecule has 0 bridgehead atoms. The highest BCUT2D eigenvalue weighted by Gasteiger charge is 2.60. The van der Waals surface area contributed by atoms with Crippen LogP contribution in [-0.2, 0) is 4.79 Å². The minimum Gasteiger partial charge on any atom is -0.384 e. The van der Waals surface area contributed by atoms with Crippen LogP contribution in [0.4, 0.5) is 0 Å². The summed E-state index contributed by atoms with van der Waals surface area (Å²) in [7, 11) is 0. The molecule has 0 aromatic carbocycles. The summed E-state index contributed by atoms with van der Waals surface area (Å²) in [6.45, 7) is 6.50. The predicted molar refractivity (Wildman–Crippen MR) is 113 cm³/mol. The molecule has 0 unspecified atom stereocenters. The van der Waals surface area contributed by atoms with Crippen LogP contribution in [0.15, 0.2) is 35.5 Å². The summed E-state index contributed by atoms with van der Waals surface area (Å²) in [6, 6.07) is 0. The van der Waals surface area contributed by atoms with Crippen molar-refractivity contribution in [1.29, 1.82) is 0 Å². The Morgan fingerprint density at radius 2 is 1.86 bits per heavy atom. The topological polar surface area (TPSA) is 57.5 Å². The van der Waals surface area contributed by atoms with Gasteiger partial charge in [0.05, 0.1) is 0 Å². The van der Waals surface area contributed by atoms with Crippen molar-refractivity contribution in [2.75, 3.05) is 13.2 Å². The molecule has 2 fully saturated rings. The number of hydrogen-bond acceptors (Lipinski definition) is 3. The Balaban J connectivity index is 1.85. The van der Waals surface area contributed by atoms with Gasteiger partial charge in [0, 0.05) is 17.3 Å². The molecule has 4 aliphatic carbocycles. The van der Waals surface area contributed by atoms with Crippen molar-refractivity contribution in [2.24, 2.45) is 40.4 Å². The molecule has 0 spiro atoms. The molecular formula is C26H30O3. The van der Waals surface area contributed by atoms with Crippen molar-refractivity contribution < 1.29 is 15.0 Å². The van der Waals surface area contributed by atoms with Gasteiger partial charge in [0.15, 0.2) is 5.78 Å². The number of aliphatic hydroxyl groups excluding tert-OH is 2. The Labute approximate surface area is 174 Å². The highest BCUT2D eigenvalue weighted by molar-refractivity contribution is 6.01. The molecule has 4 rings (SSSR count). The van der Waals surface area contributed by atoms with Crippen LogP contribution >= 0.6 is 0 Å². The van der Waals surface area contributed by atoms with Gasteiger partial charge >= 0.3 is 0 Å². The van der Waals surface area contributed by atoms with Crippen LogP contribution in [0.1, 0.15) is 40.0 Å². The highest BCUT2D eigenvalue weighted by atomic mass is 16.3. The molecule has 7 atom stereocenters.